The van der Waals surface area contributed by atoms with Crippen molar-refractivity contribution in [2.45, 2.75) is 40.2 Å². The Morgan fingerprint density at radius 3 is 2.42 bits per heavy atom. The zero-order valence-corrected chi connectivity index (χ0v) is 12.6. The lowest BCUT2D eigenvalue weighted by molar-refractivity contribution is 0.0924. The molecule has 108 valence electrons. The van der Waals surface area contributed by atoms with Crippen molar-refractivity contribution in [3.05, 3.63) is 29.3 Å². The van der Waals surface area contributed by atoms with Crippen molar-refractivity contribution in [1.82, 2.24) is 0 Å². The van der Waals surface area contributed by atoms with Crippen molar-refractivity contribution in [3.63, 3.8) is 0 Å². The second kappa shape index (κ2) is 8.18. The summed E-state index contributed by atoms with van der Waals surface area (Å²) in [6.07, 6.45) is 1.10. The van der Waals surface area contributed by atoms with Crippen LogP contribution >= 0.6 is 0 Å². The average molecular weight is 265 g/mol. The molecule has 0 amide bonds. The predicted octanol–water partition coefficient (Wildman–Crippen LogP) is 3.46. The Balaban J connectivity index is 2.30. The normalized spacial score (nSPS) is 12.7. The molecule has 1 rings (SSSR count). The molecule has 0 saturated heterocycles. The maximum Gasteiger partial charge on any atom is 0.122 e. The largest absolute Gasteiger partial charge is 0.491 e. The van der Waals surface area contributed by atoms with Crippen molar-refractivity contribution in [1.29, 1.82) is 0 Å². The number of rotatable bonds is 8. The molecule has 1 aromatic carbocycles. The van der Waals surface area contributed by atoms with Crippen molar-refractivity contribution in [2.24, 2.45) is 11.7 Å². The quantitative estimate of drug-likeness (QED) is 0.732. The molecule has 2 N–H and O–H groups in total. The minimum absolute atomic E-state index is 0.0621. The lowest BCUT2D eigenvalue weighted by Crippen LogP contribution is -2.10. The number of ether oxygens (including phenoxy) is 2. The SMILES string of the molecule is Cc1cc([C@H](C)N)ccc1OCCOCCC(C)C. The molecule has 3 nitrogen and oxygen atoms in total. The molecule has 0 spiro atoms. The van der Waals surface area contributed by atoms with E-state index in [4.69, 9.17) is 15.2 Å². The molecule has 0 unspecified atom stereocenters. The zero-order valence-electron chi connectivity index (χ0n) is 12.6. The maximum atomic E-state index is 5.85. The fourth-order valence-corrected chi connectivity index (χ4v) is 1.75. The third-order valence-corrected chi connectivity index (χ3v) is 3.05. The Morgan fingerprint density at radius 2 is 1.84 bits per heavy atom. The van der Waals surface area contributed by atoms with Gasteiger partial charge >= 0.3 is 0 Å². The van der Waals surface area contributed by atoms with Gasteiger partial charge in [0.25, 0.3) is 0 Å². The van der Waals surface area contributed by atoms with E-state index in [9.17, 15) is 0 Å². The van der Waals surface area contributed by atoms with Crippen LogP contribution in [0.4, 0.5) is 0 Å². The second-order valence-corrected chi connectivity index (χ2v) is 5.46. The number of nitrogens with two attached hydrogens (primary N) is 1. The summed E-state index contributed by atoms with van der Waals surface area (Å²) in [7, 11) is 0. The van der Waals surface area contributed by atoms with Crippen LogP contribution in [-0.4, -0.2) is 19.8 Å². The van der Waals surface area contributed by atoms with Gasteiger partial charge in [-0.2, -0.15) is 0 Å². The van der Waals surface area contributed by atoms with Crippen molar-refractivity contribution >= 4 is 0 Å². The van der Waals surface area contributed by atoms with Crippen LogP contribution in [-0.2, 0) is 4.74 Å². The topological polar surface area (TPSA) is 44.5 Å². The number of hydrogen-bond donors (Lipinski definition) is 1. The molecule has 0 aliphatic rings. The zero-order chi connectivity index (χ0) is 14.3. The molecule has 1 atom stereocenters. The Kier molecular flexibility index (Phi) is 6.89. The number of hydrogen-bond acceptors (Lipinski definition) is 3. The van der Waals surface area contributed by atoms with Crippen LogP contribution in [0.5, 0.6) is 5.75 Å². The van der Waals surface area contributed by atoms with Crippen LogP contribution in [0.2, 0.25) is 0 Å². The molecule has 0 radical (unpaired) electrons. The number of aryl methyl sites for hydroxylation is 1. The van der Waals surface area contributed by atoms with Crippen LogP contribution in [0.25, 0.3) is 0 Å². The second-order valence-electron chi connectivity index (χ2n) is 5.46. The monoisotopic (exact) mass is 265 g/mol. The number of benzene rings is 1. The van der Waals surface area contributed by atoms with Gasteiger partial charge in [0.2, 0.25) is 0 Å². The standard InChI is InChI=1S/C16H27NO2/c1-12(2)7-8-18-9-10-19-16-6-5-15(14(4)17)11-13(16)3/h5-6,11-12,14H,7-10,17H2,1-4H3/t14-/m0/s1. The Morgan fingerprint density at radius 1 is 1.11 bits per heavy atom. The molecule has 0 saturated carbocycles. The summed E-state index contributed by atoms with van der Waals surface area (Å²) in [6, 6.07) is 6.15. The molecule has 19 heavy (non-hydrogen) atoms. The first-order valence-corrected chi connectivity index (χ1v) is 7.07. The van der Waals surface area contributed by atoms with E-state index in [1.54, 1.807) is 0 Å². The van der Waals surface area contributed by atoms with E-state index < -0.39 is 0 Å². The summed E-state index contributed by atoms with van der Waals surface area (Å²) in [5.74, 6) is 1.60. The van der Waals surface area contributed by atoms with E-state index in [0.717, 1.165) is 29.9 Å². The van der Waals surface area contributed by atoms with E-state index in [-0.39, 0.29) is 6.04 Å². The van der Waals surface area contributed by atoms with Gasteiger partial charge in [-0.25, -0.2) is 0 Å². The Labute approximate surface area is 117 Å². The highest BCUT2D eigenvalue weighted by molar-refractivity contribution is 5.37. The molecule has 1 aromatic rings. The smallest absolute Gasteiger partial charge is 0.122 e. The molecule has 0 aliphatic carbocycles. The van der Waals surface area contributed by atoms with E-state index in [1.165, 1.54) is 0 Å². The first-order chi connectivity index (χ1) is 9.00. The average Bonchev–Trinajstić information content (AvgIpc) is 2.34. The summed E-state index contributed by atoms with van der Waals surface area (Å²) in [5.41, 5.74) is 8.11. The summed E-state index contributed by atoms with van der Waals surface area (Å²) < 4.78 is 11.2. The molecule has 0 aromatic heterocycles. The van der Waals surface area contributed by atoms with Gasteiger partial charge in [0.05, 0.1) is 6.61 Å². The summed E-state index contributed by atoms with van der Waals surface area (Å²) in [5, 5.41) is 0. The molecule has 0 heterocycles. The van der Waals surface area contributed by atoms with Crippen LogP contribution in [0, 0.1) is 12.8 Å². The minimum atomic E-state index is 0.0621. The summed E-state index contributed by atoms with van der Waals surface area (Å²) >= 11 is 0. The first kappa shape index (κ1) is 16.0. The van der Waals surface area contributed by atoms with Crippen molar-refractivity contribution in [3.8, 4) is 5.75 Å². The maximum absolute atomic E-state index is 5.85. The fraction of sp³-hybridized carbons (Fsp3) is 0.625. The first-order valence-electron chi connectivity index (χ1n) is 7.07. The molecule has 0 bridgehead atoms. The third kappa shape index (κ3) is 6.08. The molecule has 0 aliphatic heterocycles. The van der Waals surface area contributed by atoms with E-state index in [1.807, 2.05) is 26.0 Å². The van der Waals surface area contributed by atoms with Gasteiger partial charge in [-0.1, -0.05) is 26.0 Å². The highest BCUT2D eigenvalue weighted by Gasteiger charge is 2.04. The highest BCUT2D eigenvalue weighted by Crippen LogP contribution is 2.21. The van der Waals surface area contributed by atoms with Gasteiger partial charge < -0.3 is 15.2 Å². The lowest BCUT2D eigenvalue weighted by atomic mass is 10.1. The Bertz CT molecular complexity index is 375. The Hall–Kier alpha value is -1.06. The summed E-state index contributed by atoms with van der Waals surface area (Å²) in [6.45, 7) is 10.5. The molecule has 3 heteroatoms. The van der Waals surface area contributed by atoms with Crippen molar-refractivity contribution in [2.75, 3.05) is 19.8 Å². The fourth-order valence-electron chi connectivity index (χ4n) is 1.75. The van der Waals surface area contributed by atoms with E-state index in [0.29, 0.717) is 19.1 Å². The van der Waals surface area contributed by atoms with Gasteiger partial charge in [-0.3, -0.25) is 0 Å². The van der Waals surface area contributed by atoms with E-state index >= 15 is 0 Å². The highest BCUT2D eigenvalue weighted by atomic mass is 16.5. The van der Waals surface area contributed by atoms with Gasteiger partial charge in [0, 0.05) is 12.6 Å². The molecular formula is C16H27NO2. The van der Waals surface area contributed by atoms with Crippen LogP contribution in [0.15, 0.2) is 18.2 Å². The minimum Gasteiger partial charge on any atom is -0.491 e. The predicted molar refractivity (Wildman–Crippen MR) is 79.6 cm³/mol. The molecular weight excluding hydrogens is 238 g/mol. The van der Waals surface area contributed by atoms with Gasteiger partial charge in [-0.15, -0.1) is 0 Å². The van der Waals surface area contributed by atoms with Gasteiger partial charge in [0.15, 0.2) is 0 Å². The van der Waals surface area contributed by atoms with E-state index in [2.05, 4.69) is 19.9 Å². The van der Waals surface area contributed by atoms with Crippen LogP contribution < -0.4 is 10.5 Å². The molecule has 0 fully saturated rings. The third-order valence-electron chi connectivity index (χ3n) is 3.05. The lowest BCUT2D eigenvalue weighted by Gasteiger charge is -2.12. The van der Waals surface area contributed by atoms with Gasteiger partial charge in [-0.05, 0) is 43.4 Å². The summed E-state index contributed by atoms with van der Waals surface area (Å²) in [4.78, 5) is 0. The van der Waals surface area contributed by atoms with Crippen molar-refractivity contribution < 1.29 is 9.47 Å². The van der Waals surface area contributed by atoms with Crippen LogP contribution in [0.1, 0.15) is 44.4 Å². The van der Waals surface area contributed by atoms with Gasteiger partial charge in [0.1, 0.15) is 12.4 Å². The van der Waals surface area contributed by atoms with Crippen LogP contribution in [0.3, 0.4) is 0 Å².